The van der Waals surface area contributed by atoms with Crippen LogP contribution >= 0.6 is 0 Å². The number of rotatable bonds is 4. The number of hydrogen-bond acceptors (Lipinski definition) is 3. The van der Waals surface area contributed by atoms with Crippen LogP contribution in [0.4, 0.5) is 0 Å². The van der Waals surface area contributed by atoms with E-state index in [1.807, 2.05) is 17.7 Å². The second kappa shape index (κ2) is 3.94. The summed E-state index contributed by atoms with van der Waals surface area (Å²) in [5.41, 5.74) is 7.83. The van der Waals surface area contributed by atoms with Crippen LogP contribution in [0.15, 0.2) is 12.1 Å². The largest absolute Gasteiger partial charge is 0.464 e. The number of hydrogen-bond donors (Lipinski definition) is 1. The second-order valence-corrected chi connectivity index (χ2v) is 4.62. The third-order valence-electron chi connectivity index (χ3n) is 3.39. The molecule has 1 aromatic heterocycles. The number of esters is 1. The fourth-order valence-electron chi connectivity index (χ4n) is 1.90. The molecule has 0 saturated heterocycles. The summed E-state index contributed by atoms with van der Waals surface area (Å²) in [5, 5.41) is 0. The van der Waals surface area contributed by atoms with Gasteiger partial charge in [0.1, 0.15) is 5.69 Å². The first-order valence-corrected chi connectivity index (χ1v) is 5.57. The molecule has 0 bridgehead atoms. The van der Waals surface area contributed by atoms with Gasteiger partial charge in [-0.2, -0.15) is 0 Å². The van der Waals surface area contributed by atoms with E-state index in [1.165, 1.54) is 7.11 Å². The Morgan fingerprint density at radius 3 is 2.81 bits per heavy atom. The standard InChI is InChI=1S/C12H18N2O2/c1-14-9(5-6-12(13)7-8-12)3-4-10(14)11(15)16-2/h3-4H,5-8,13H2,1-2H3. The first kappa shape index (κ1) is 11.2. The molecule has 1 aromatic rings. The van der Waals surface area contributed by atoms with E-state index in [2.05, 4.69) is 0 Å². The Labute approximate surface area is 95.4 Å². The molecule has 4 heteroatoms. The molecule has 0 aliphatic heterocycles. The molecule has 1 fully saturated rings. The van der Waals surface area contributed by atoms with Gasteiger partial charge >= 0.3 is 5.97 Å². The van der Waals surface area contributed by atoms with Crippen LogP contribution < -0.4 is 5.73 Å². The molecule has 0 atom stereocenters. The smallest absolute Gasteiger partial charge is 0.354 e. The Bertz CT molecular complexity index is 405. The van der Waals surface area contributed by atoms with Gasteiger partial charge in [0.25, 0.3) is 0 Å². The Balaban J connectivity index is 2.04. The number of ether oxygens (including phenoxy) is 1. The van der Waals surface area contributed by atoms with Gasteiger partial charge in [0.2, 0.25) is 0 Å². The number of nitrogens with two attached hydrogens (primary N) is 1. The Kier molecular flexibility index (Phi) is 2.76. The van der Waals surface area contributed by atoms with Crippen LogP contribution in [0, 0.1) is 0 Å². The van der Waals surface area contributed by atoms with Crippen molar-refractivity contribution in [2.75, 3.05) is 7.11 Å². The molecule has 2 rings (SSSR count). The van der Waals surface area contributed by atoms with E-state index in [-0.39, 0.29) is 11.5 Å². The summed E-state index contributed by atoms with van der Waals surface area (Å²) in [5.74, 6) is -0.289. The molecule has 0 amide bonds. The van der Waals surface area contributed by atoms with Crippen molar-refractivity contribution < 1.29 is 9.53 Å². The molecular weight excluding hydrogens is 204 g/mol. The van der Waals surface area contributed by atoms with E-state index < -0.39 is 0 Å². The van der Waals surface area contributed by atoms with Crippen molar-refractivity contribution in [3.8, 4) is 0 Å². The minimum atomic E-state index is -0.289. The van der Waals surface area contributed by atoms with Gasteiger partial charge in [-0.05, 0) is 37.8 Å². The molecule has 88 valence electrons. The number of aryl methyl sites for hydroxylation is 1. The van der Waals surface area contributed by atoms with Crippen molar-refractivity contribution >= 4 is 5.97 Å². The quantitative estimate of drug-likeness (QED) is 0.780. The third kappa shape index (κ3) is 2.11. The predicted octanol–water partition coefficient (Wildman–Crippen LogP) is 1.24. The maximum Gasteiger partial charge on any atom is 0.354 e. The number of methoxy groups -OCH3 is 1. The Hall–Kier alpha value is -1.29. The molecule has 0 radical (unpaired) electrons. The fourth-order valence-corrected chi connectivity index (χ4v) is 1.90. The highest BCUT2D eigenvalue weighted by atomic mass is 16.5. The second-order valence-electron chi connectivity index (χ2n) is 4.62. The van der Waals surface area contributed by atoms with Crippen molar-refractivity contribution in [3.05, 3.63) is 23.5 Å². The highest BCUT2D eigenvalue weighted by Gasteiger charge is 2.37. The van der Waals surface area contributed by atoms with Crippen LogP contribution in [0.5, 0.6) is 0 Å². The van der Waals surface area contributed by atoms with E-state index >= 15 is 0 Å². The van der Waals surface area contributed by atoms with Crippen LogP contribution in [0.2, 0.25) is 0 Å². The van der Waals surface area contributed by atoms with Crippen molar-refractivity contribution in [1.82, 2.24) is 4.57 Å². The number of nitrogens with zero attached hydrogens (tertiary/aromatic N) is 1. The predicted molar refractivity (Wildman–Crippen MR) is 61.2 cm³/mol. The summed E-state index contributed by atoms with van der Waals surface area (Å²) in [6.45, 7) is 0. The van der Waals surface area contributed by atoms with Crippen molar-refractivity contribution in [2.45, 2.75) is 31.2 Å². The van der Waals surface area contributed by atoms with Gasteiger partial charge < -0.3 is 15.0 Å². The molecule has 0 aromatic carbocycles. The summed E-state index contributed by atoms with van der Waals surface area (Å²) in [7, 11) is 3.28. The minimum absolute atomic E-state index is 0.0652. The topological polar surface area (TPSA) is 57.2 Å². The van der Waals surface area contributed by atoms with Crippen LogP contribution in [0.3, 0.4) is 0 Å². The first-order valence-electron chi connectivity index (χ1n) is 5.57. The molecule has 16 heavy (non-hydrogen) atoms. The highest BCUT2D eigenvalue weighted by molar-refractivity contribution is 5.87. The first-order chi connectivity index (χ1) is 7.56. The SMILES string of the molecule is COC(=O)c1ccc(CCC2(N)CC2)n1C. The minimum Gasteiger partial charge on any atom is -0.464 e. The monoisotopic (exact) mass is 222 g/mol. The lowest BCUT2D eigenvalue weighted by Gasteiger charge is -2.10. The van der Waals surface area contributed by atoms with E-state index in [0.29, 0.717) is 5.69 Å². The van der Waals surface area contributed by atoms with Crippen LogP contribution in [-0.4, -0.2) is 23.2 Å². The molecule has 0 unspecified atom stereocenters. The van der Waals surface area contributed by atoms with Gasteiger partial charge in [-0.15, -0.1) is 0 Å². The Morgan fingerprint density at radius 1 is 1.56 bits per heavy atom. The van der Waals surface area contributed by atoms with Crippen molar-refractivity contribution in [3.63, 3.8) is 0 Å². The molecule has 1 aliphatic carbocycles. The summed E-state index contributed by atoms with van der Waals surface area (Å²) in [4.78, 5) is 11.4. The summed E-state index contributed by atoms with van der Waals surface area (Å²) in [6, 6.07) is 3.77. The van der Waals surface area contributed by atoms with E-state index in [9.17, 15) is 4.79 Å². The van der Waals surface area contributed by atoms with Gasteiger partial charge in [-0.3, -0.25) is 0 Å². The van der Waals surface area contributed by atoms with E-state index in [0.717, 1.165) is 31.4 Å². The van der Waals surface area contributed by atoms with E-state index in [4.69, 9.17) is 10.5 Å². The van der Waals surface area contributed by atoms with Crippen molar-refractivity contribution in [2.24, 2.45) is 12.8 Å². The van der Waals surface area contributed by atoms with Crippen LogP contribution in [0.25, 0.3) is 0 Å². The zero-order chi connectivity index (χ0) is 11.8. The average molecular weight is 222 g/mol. The lowest BCUT2D eigenvalue weighted by atomic mass is 10.1. The van der Waals surface area contributed by atoms with E-state index in [1.54, 1.807) is 6.07 Å². The number of carbonyl (C=O) groups excluding carboxylic acids is 1. The third-order valence-corrected chi connectivity index (χ3v) is 3.39. The highest BCUT2D eigenvalue weighted by Crippen LogP contribution is 2.36. The Morgan fingerprint density at radius 2 is 2.25 bits per heavy atom. The molecule has 0 spiro atoms. The van der Waals surface area contributed by atoms with Crippen LogP contribution in [0.1, 0.15) is 35.4 Å². The zero-order valence-corrected chi connectivity index (χ0v) is 9.82. The maximum absolute atomic E-state index is 11.4. The summed E-state index contributed by atoms with van der Waals surface area (Å²) in [6.07, 6.45) is 4.16. The molecule has 2 N–H and O–H groups in total. The zero-order valence-electron chi connectivity index (χ0n) is 9.82. The lowest BCUT2D eigenvalue weighted by Crippen LogP contribution is -2.22. The van der Waals surface area contributed by atoms with Gasteiger partial charge in [0.05, 0.1) is 7.11 Å². The van der Waals surface area contributed by atoms with Crippen LogP contribution in [-0.2, 0) is 18.2 Å². The number of aromatic nitrogens is 1. The van der Waals surface area contributed by atoms with Gasteiger partial charge in [0, 0.05) is 18.3 Å². The molecular formula is C12H18N2O2. The molecule has 1 heterocycles. The summed E-state index contributed by atoms with van der Waals surface area (Å²) < 4.78 is 6.59. The van der Waals surface area contributed by atoms with Crippen molar-refractivity contribution in [1.29, 1.82) is 0 Å². The molecule has 1 saturated carbocycles. The molecule has 4 nitrogen and oxygen atoms in total. The van der Waals surface area contributed by atoms with Gasteiger partial charge in [0.15, 0.2) is 0 Å². The van der Waals surface area contributed by atoms with Gasteiger partial charge in [-0.25, -0.2) is 4.79 Å². The lowest BCUT2D eigenvalue weighted by molar-refractivity contribution is 0.0589. The number of carbonyl (C=O) groups is 1. The maximum atomic E-state index is 11.4. The summed E-state index contributed by atoms with van der Waals surface area (Å²) >= 11 is 0. The fraction of sp³-hybridized carbons (Fsp3) is 0.583. The normalized spacial score (nSPS) is 17.2. The van der Waals surface area contributed by atoms with Gasteiger partial charge in [-0.1, -0.05) is 0 Å². The molecule has 1 aliphatic rings. The average Bonchev–Trinajstić information content (AvgIpc) is 2.89.